The van der Waals surface area contributed by atoms with E-state index in [4.69, 9.17) is 0 Å². The van der Waals surface area contributed by atoms with E-state index in [1.54, 1.807) is 16.7 Å². The Morgan fingerprint density at radius 1 is 1.36 bits per heavy atom. The molecule has 2 N–H and O–H groups in total. The number of aliphatic hydroxyl groups excluding tert-OH is 1. The fraction of sp³-hybridized carbons (Fsp3) is 0.875. The normalized spacial score (nSPS) is 41.8. The molecule has 6 heteroatoms. The molecular weight excluding hydrogens is 300 g/mol. The Morgan fingerprint density at radius 3 is 2.50 bits per heavy atom. The van der Waals surface area contributed by atoms with Gasteiger partial charge in [-0.25, -0.2) is 0 Å². The summed E-state index contributed by atoms with van der Waals surface area (Å²) in [7, 11) is 0. The number of carbonyl (C=O) groups excluding carboxylic acids is 2. The lowest BCUT2D eigenvalue weighted by Gasteiger charge is -2.32. The molecular formula is C16H26N2O3S. The van der Waals surface area contributed by atoms with Crippen LogP contribution >= 0.6 is 11.8 Å². The summed E-state index contributed by atoms with van der Waals surface area (Å²) < 4.78 is 0. The standard InChI is InChI=1S/C16H26N2O3S/c1-9-14(17-9)15(20)11-5-3-10(4-6-11)8-18-13(19)7-12(22-2)16(18)21/h9-12,14,16-17,21H,3-8H2,1-2H3. The van der Waals surface area contributed by atoms with Gasteiger partial charge in [0.15, 0.2) is 5.78 Å². The second-order valence-electron chi connectivity index (χ2n) is 6.99. The minimum absolute atomic E-state index is 0.00726. The first-order chi connectivity index (χ1) is 10.5. The highest BCUT2D eigenvalue weighted by Crippen LogP contribution is 2.34. The molecule has 22 heavy (non-hydrogen) atoms. The van der Waals surface area contributed by atoms with Gasteiger partial charge >= 0.3 is 0 Å². The van der Waals surface area contributed by atoms with Crippen LogP contribution < -0.4 is 5.32 Å². The Hall–Kier alpha value is -0.590. The smallest absolute Gasteiger partial charge is 0.225 e. The number of hydrogen-bond donors (Lipinski definition) is 2. The average Bonchev–Trinajstić information content (AvgIpc) is 3.19. The zero-order valence-electron chi connectivity index (χ0n) is 13.3. The molecule has 1 amide bonds. The maximum absolute atomic E-state index is 12.2. The van der Waals surface area contributed by atoms with Crippen LogP contribution in [0.15, 0.2) is 0 Å². The van der Waals surface area contributed by atoms with Gasteiger partial charge < -0.3 is 15.3 Å². The third-order valence-electron chi connectivity index (χ3n) is 5.49. The van der Waals surface area contributed by atoms with Gasteiger partial charge in [0, 0.05) is 24.9 Å². The molecule has 0 spiro atoms. The van der Waals surface area contributed by atoms with E-state index in [-0.39, 0.29) is 23.1 Å². The van der Waals surface area contributed by atoms with Gasteiger partial charge in [0.1, 0.15) is 6.23 Å². The SMILES string of the molecule is CSC1CC(=O)N(CC2CCC(C(=O)C3NC3C)CC2)C1O. The minimum atomic E-state index is -0.640. The maximum Gasteiger partial charge on any atom is 0.225 e. The van der Waals surface area contributed by atoms with E-state index in [2.05, 4.69) is 12.2 Å². The van der Waals surface area contributed by atoms with Crippen LogP contribution in [0.5, 0.6) is 0 Å². The Kier molecular flexibility index (Phi) is 4.80. The molecule has 3 fully saturated rings. The van der Waals surface area contributed by atoms with Crippen molar-refractivity contribution >= 4 is 23.5 Å². The topological polar surface area (TPSA) is 79.6 Å². The number of ketones is 1. The molecule has 2 aliphatic heterocycles. The summed E-state index contributed by atoms with van der Waals surface area (Å²) in [5.74, 6) is 1.07. The quantitative estimate of drug-likeness (QED) is 0.737. The number of nitrogens with zero attached hydrogens (tertiary/aromatic N) is 1. The molecule has 0 aromatic rings. The number of thioether (sulfide) groups is 1. The number of amides is 1. The van der Waals surface area contributed by atoms with Crippen molar-refractivity contribution in [1.29, 1.82) is 0 Å². The van der Waals surface area contributed by atoms with Crippen LogP contribution in [-0.2, 0) is 9.59 Å². The van der Waals surface area contributed by atoms with Crippen molar-refractivity contribution in [1.82, 2.24) is 10.2 Å². The van der Waals surface area contributed by atoms with Gasteiger partial charge in [-0.05, 0) is 44.8 Å². The Bertz CT molecular complexity index is 451. The van der Waals surface area contributed by atoms with Crippen molar-refractivity contribution in [3.63, 3.8) is 0 Å². The molecule has 1 aliphatic carbocycles. The van der Waals surface area contributed by atoms with Crippen molar-refractivity contribution in [2.75, 3.05) is 12.8 Å². The number of hydrogen-bond acceptors (Lipinski definition) is 5. The minimum Gasteiger partial charge on any atom is -0.372 e. The molecule has 0 bridgehead atoms. The van der Waals surface area contributed by atoms with Gasteiger partial charge in [0.05, 0.1) is 11.3 Å². The predicted octanol–water partition coefficient (Wildman–Crippen LogP) is 1.00. The van der Waals surface area contributed by atoms with Crippen LogP contribution in [0.25, 0.3) is 0 Å². The lowest BCUT2D eigenvalue weighted by Crippen LogP contribution is -2.40. The molecule has 3 rings (SSSR count). The lowest BCUT2D eigenvalue weighted by atomic mass is 9.79. The molecule has 2 saturated heterocycles. The summed E-state index contributed by atoms with van der Waals surface area (Å²) in [4.78, 5) is 25.9. The highest BCUT2D eigenvalue weighted by Gasteiger charge is 2.43. The third-order valence-corrected chi connectivity index (χ3v) is 6.51. The molecule has 1 saturated carbocycles. The van der Waals surface area contributed by atoms with Crippen molar-refractivity contribution in [3.05, 3.63) is 0 Å². The molecule has 4 atom stereocenters. The van der Waals surface area contributed by atoms with E-state index in [9.17, 15) is 14.7 Å². The predicted molar refractivity (Wildman–Crippen MR) is 86.5 cm³/mol. The summed E-state index contributed by atoms with van der Waals surface area (Å²) in [6, 6.07) is 0.442. The van der Waals surface area contributed by atoms with Crippen LogP contribution in [-0.4, -0.2) is 58.1 Å². The Balaban J connectivity index is 1.48. The first-order valence-corrected chi connectivity index (χ1v) is 9.60. The number of Topliss-reactive ketones (excluding diaryl/α,β-unsaturated/α-hetero) is 1. The van der Waals surface area contributed by atoms with Crippen LogP contribution in [0.1, 0.15) is 39.0 Å². The second-order valence-corrected chi connectivity index (χ2v) is 8.07. The molecule has 0 aromatic carbocycles. The van der Waals surface area contributed by atoms with Crippen molar-refractivity contribution in [3.8, 4) is 0 Å². The summed E-state index contributed by atoms with van der Waals surface area (Å²) in [5, 5.41) is 13.4. The maximum atomic E-state index is 12.2. The van der Waals surface area contributed by atoms with Crippen molar-refractivity contribution in [2.24, 2.45) is 11.8 Å². The van der Waals surface area contributed by atoms with Crippen molar-refractivity contribution < 1.29 is 14.7 Å². The highest BCUT2D eigenvalue weighted by molar-refractivity contribution is 7.99. The van der Waals surface area contributed by atoms with E-state index >= 15 is 0 Å². The molecule has 124 valence electrons. The van der Waals surface area contributed by atoms with Gasteiger partial charge in [0.2, 0.25) is 5.91 Å². The van der Waals surface area contributed by atoms with Gasteiger partial charge in [-0.2, -0.15) is 11.8 Å². The van der Waals surface area contributed by atoms with Crippen LogP contribution in [0, 0.1) is 11.8 Å². The first-order valence-electron chi connectivity index (χ1n) is 8.31. The average molecular weight is 326 g/mol. The summed E-state index contributed by atoms with van der Waals surface area (Å²) in [6.07, 6.45) is 5.57. The van der Waals surface area contributed by atoms with E-state index < -0.39 is 6.23 Å². The summed E-state index contributed by atoms with van der Waals surface area (Å²) in [6.45, 7) is 2.70. The monoisotopic (exact) mass is 326 g/mol. The second kappa shape index (κ2) is 6.49. The van der Waals surface area contributed by atoms with E-state index in [1.807, 2.05) is 6.26 Å². The summed E-state index contributed by atoms with van der Waals surface area (Å²) in [5.41, 5.74) is 0. The van der Waals surface area contributed by atoms with Gasteiger partial charge in [-0.1, -0.05) is 0 Å². The summed E-state index contributed by atoms with van der Waals surface area (Å²) >= 11 is 1.56. The zero-order valence-corrected chi connectivity index (χ0v) is 14.1. The third kappa shape index (κ3) is 3.19. The van der Waals surface area contributed by atoms with Gasteiger partial charge in [-0.15, -0.1) is 0 Å². The molecule has 5 nitrogen and oxygen atoms in total. The van der Waals surface area contributed by atoms with Crippen molar-refractivity contribution in [2.45, 2.75) is 62.6 Å². The fourth-order valence-electron chi connectivity index (χ4n) is 3.88. The molecule has 0 aromatic heterocycles. The zero-order chi connectivity index (χ0) is 15.9. The number of carbonyl (C=O) groups is 2. The lowest BCUT2D eigenvalue weighted by molar-refractivity contribution is -0.134. The molecule has 2 heterocycles. The number of nitrogens with one attached hydrogen (secondary N) is 1. The fourth-order valence-corrected chi connectivity index (χ4v) is 4.58. The van der Waals surface area contributed by atoms with E-state index in [1.165, 1.54) is 0 Å². The van der Waals surface area contributed by atoms with Crippen LogP contribution in [0.3, 0.4) is 0 Å². The number of rotatable bonds is 5. The molecule has 3 aliphatic rings. The van der Waals surface area contributed by atoms with Crippen LogP contribution in [0.4, 0.5) is 0 Å². The Labute approximate surface area is 136 Å². The van der Waals surface area contributed by atoms with E-state index in [0.29, 0.717) is 30.7 Å². The molecule has 4 unspecified atom stereocenters. The number of likely N-dealkylation sites (tertiary alicyclic amines) is 1. The van der Waals surface area contributed by atoms with Gasteiger partial charge in [0.25, 0.3) is 0 Å². The van der Waals surface area contributed by atoms with E-state index in [0.717, 1.165) is 25.7 Å². The van der Waals surface area contributed by atoms with Crippen LogP contribution in [0.2, 0.25) is 0 Å². The Morgan fingerprint density at radius 2 is 2.00 bits per heavy atom. The van der Waals surface area contributed by atoms with Gasteiger partial charge in [-0.3, -0.25) is 9.59 Å². The molecule has 0 radical (unpaired) electrons. The number of aliphatic hydroxyl groups is 1. The highest BCUT2D eigenvalue weighted by atomic mass is 32.2. The largest absolute Gasteiger partial charge is 0.372 e. The first kappa shape index (κ1) is 16.3.